The molecule has 3 rings (SSSR count). The highest BCUT2D eigenvalue weighted by atomic mass is 35.5. The number of carbonyl (C=O) groups is 1. The Hall–Kier alpha value is -2.16. The summed E-state index contributed by atoms with van der Waals surface area (Å²) in [6.07, 6.45) is 1.53. The summed E-state index contributed by atoms with van der Waals surface area (Å²) in [5.74, 6) is 1.99. The lowest BCUT2D eigenvalue weighted by atomic mass is 9.78. The Kier molecular flexibility index (Phi) is 7.58. The Labute approximate surface area is 164 Å². The third kappa shape index (κ3) is 4.97. The number of amides is 1. The average molecular weight is 396 g/mol. The van der Waals surface area contributed by atoms with Crippen LogP contribution < -0.4 is 15.4 Å². The molecule has 1 aromatic carbocycles. The van der Waals surface area contributed by atoms with Crippen molar-refractivity contribution < 1.29 is 14.3 Å². The van der Waals surface area contributed by atoms with Crippen molar-refractivity contribution in [1.82, 2.24) is 25.8 Å². The topological polar surface area (TPSA) is 101 Å². The van der Waals surface area contributed by atoms with Gasteiger partial charge in [0.05, 0.1) is 25.7 Å². The van der Waals surface area contributed by atoms with Crippen LogP contribution in [0, 0.1) is 5.41 Å². The zero-order valence-electron chi connectivity index (χ0n) is 15.6. The largest absolute Gasteiger partial charge is 0.497 e. The summed E-state index contributed by atoms with van der Waals surface area (Å²) < 4.78 is 10.5. The van der Waals surface area contributed by atoms with Gasteiger partial charge in [0.15, 0.2) is 5.82 Å². The van der Waals surface area contributed by atoms with Crippen LogP contribution in [0.5, 0.6) is 5.75 Å². The molecule has 3 N–H and O–H groups in total. The molecule has 2 heterocycles. The molecule has 1 saturated heterocycles. The van der Waals surface area contributed by atoms with Gasteiger partial charge in [-0.3, -0.25) is 9.89 Å². The lowest BCUT2D eigenvalue weighted by Crippen LogP contribution is -2.50. The second kappa shape index (κ2) is 9.68. The van der Waals surface area contributed by atoms with Crippen LogP contribution in [-0.2, 0) is 16.1 Å². The number of carbonyl (C=O) groups excluding carboxylic acids is 1. The highest BCUT2D eigenvalue weighted by Crippen LogP contribution is 2.29. The molecule has 0 spiro atoms. The molecule has 1 aliphatic heterocycles. The number of rotatable bonds is 7. The standard InChI is InChI=1S/C18H25N5O3.ClH/c1-25-12-18(7-9-19-10-8-18)17(24)20-11-15-21-16(23-22-15)13-3-5-14(26-2)6-4-13;/h3-6,19H,7-12H2,1-2H3,(H,20,24)(H,21,22,23);1H. The van der Waals surface area contributed by atoms with Crippen LogP contribution in [0.25, 0.3) is 11.4 Å². The Balaban J connectivity index is 0.00000261. The predicted molar refractivity (Wildman–Crippen MR) is 104 cm³/mol. The Morgan fingerprint density at radius 3 is 2.56 bits per heavy atom. The molecule has 0 radical (unpaired) electrons. The van der Waals surface area contributed by atoms with Crippen LogP contribution in [-0.4, -0.2) is 55.0 Å². The first kappa shape index (κ1) is 21.1. The zero-order chi connectivity index (χ0) is 18.4. The van der Waals surface area contributed by atoms with E-state index in [4.69, 9.17) is 9.47 Å². The molecule has 0 aliphatic carbocycles. The summed E-state index contributed by atoms with van der Waals surface area (Å²) in [6.45, 7) is 2.37. The summed E-state index contributed by atoms with van der Waals surface area (Å²) in [7, 11) is 3.26. The summed E-state index contributed by atoms with van der Waals surface area (Å²) in [4.78, 5) is 17.2. The van der Waals surface area contributed by atoms with E-state index in [0.717, 1.165) is 37.2 Å². The Morgan fingerprint density at radius 1 is 1.22 bits per heavy atom. The van der Waals surface area contributed by atoms with Crippen LogP contribution in [0.4, 0.5) is 0 Å². The van der Waals surface area contributed by atoms with Crippen molar-refractivity contribution in [2.24, 2.45) is 5.41 Å². The lowest BCUT2D eigenvalue weighted by molar-refractivity contribution is -0.136. The number of aromatic amines is 1. The Bertz CT molecular complexity index is 723. The van der Waals surface area contributed by atoms with Crippen LogP contribution in [0.15, 0.2) is 24.3 Å². The van der Waals surface area contributed by atoms with Gasteiger partial charge in [-0.05, 0) is 50.2 Å². The van der Waals surface area contributed by atoms with E-state index in [0.29, 0.717) is 24.8 Å². The van der Waals surface area contributed by atoms with Gasteiger partial charge >= 0.3 is 0 Å². The van der Waals surface area contributed by atoms with E-state index in [1.165, 1.54) is 0 Å². The van der Waals surface area contributed by atoms with E-state index in [1.54, 1.807) is 14.2 Å². The summed E-state index contributed by atoms with van der Waals surface area (Å²) in [6, 6.07) is 7.51. The van der Waals surface area contributed by atoms with E-state index >= 15 is 0 Å². The summed E-state index contributed by atoms with van der Waals surface area (Å²) >= 11 is 0. The van der Waals surface area contributed by atoms with Gasteiger partial charge in [-0.15, -0.1) is 12.4 Å². The number of aromatic nitrogens is 3. The maximum atomic E-state index is 12.7. The van der Waals surface area contributed by atoms with Crippen molar-refractivity contribution in [3.8, 4) is 17.1 Å². The number of halogens is 1. The minimum Gasteiger partial charge on any atom is -0.497 e. The van der Waals surface area contributed by atoms with Crippen LogP contribution >= 0.6 is 12.4 Å². The lowest BCUT2D eigenvalue weighted by Gasteiger charge is -2.35. The van der Waals surface area contributed by atoms with E-state index in [2.05, 4.69) is 25.8 Å². The molecular weight excluding hydrogens is 370 g/mol. The van der Waals surface area contributed by atoms with Crippen LogP contribution in [0.2, 0.25) is 0 Å². The van der Waals surface area contributed by atoms with Gasteiger partial charge in [0.25, 0.3) is 0 Å². The number of piperidine rings is 1. The number of benzene rings is 1. The molecule has 0 bridgehead atoms. The quantitative estimate of drug-likeness (QED) is 0.657. The van der Waals surface area contributed by atoms with E-state index in [1.807, 2.05) is 24.3 Å². The van der Waals surface area contributed by atoms with Crippen molar-refractivity contribution >= 4 is 18.3 Å². The molecule has 8 nitrogen and oxygen atoms in total. The van der Waals surface area contributed by atoms with Crippen molar-refractivity contribution in [2.45, 2.75) is 19.4 Å². The number of methoxy groups -OCH3 is 2. The molecule has 1 aliphatic rings. The first-order valence-electron chi connectivity index (χ1n) is 8.70. The SMILES string of the molecule is COCC1(C(=O)NCc2nc(-c3ccc(OC)cc3)n[nH]2)CCNCC1.Cl. The molecular formula is C18H26ClN5O3. The third-order valence-electron chi connectivity index (χ3n) is 4.76. The Morgan fingerprint density at radius 2 is 1.93 bits per heavy atom. The van der Waals surface area contributed by atoms with E-state index < -0.39 is 5.41 Å². The molecule has 1 fully saturated rings. The fraction of sp³-hybridized carbons (Fsp3) is 0.500. The number of hydrogen-bond acceptors (Lipinski definition) is 6. The summed E-state index contributed by atoms with van der Waals surface area (Å²) in [5, 5.41) is 13.4. The number of ether oxygens (including phenoxy) is 2. The van der Waals surface area contributed by atoms with Gasteiger partial charge < -0.3 is 20.1 Å². The highest BCUT2D eigenvalue weighted by Gasteiger charge is 2.39. The first-order valence-corrected chi connectivity index (χ1v) is 8.70. The van der Waals surface area contributed by atoms with Gasteiger partial charge in [0, 0.05) is 12.7 Å². The van der Waals surface area contributed by atoms with Crippen LogP contribution in [0.1, 0.15) is 18.7 Å². The second-order valence-corrected chi connectivity index (χ2v) is 6.48. The van der Waals surface area contributed by atoms with Crippen molar-refractivity contribution in [1.29, 1.82) is 0 Å². The minimum atomic E-state index is -0.473. The minimum absolute atomic E-state index is 0. The average Bonchev–Trinajstić information content (AvgIpc) is 3.16. The fourth-order valence-electron chi connectivity index (χ4n) is 3.21. The maximum Gasteiger partial charge on any atom is 0.229 e. The zero-order valence-corrected chi connectivity index (χ0v) is 16.4. The molecule has 0 unspecified atom stereocenters. The molecule has 1 amide bonds. The maximum absolute atomic E-state index is 12.7. The smallest absolute Gasteiger partial charge is 0.229 e. The van der Waals surface area contributed by atoms with Crippen molar-refractivity contribution in [3.63, 3.8) is 0 Å². The second-order valence-electron chi connectivity index (χ2n) is 6.48. The monoisotopic (exact) mass is 395 g/mol. The molecule has 9 heteroatoms. The normalized spacial score (nSPS) is 15.6. The summed E-state index contributed by atoms with van der Waals surface area (Å²) in [5.41, 5.74) is 0.410. The van der Waals surface area contributed by atoms with Crippen molar-refractivity contribution in [3.05, 3.63) is 30.1 Å². The molecule has 148 valence electrons. The van der Waals surface area contributed by atoms with Gasteiger partial charge in [0.2, 0.25) is 5.91 Å². The molecule has 0 atom stereocenters. The molecule has 1 aromatic heterocycles. The van der Waals surface area contributed by atoms with Gasteiger partial charge in [-0.2, -0.15) is 5.10 Å². The number of hydrogen-bond donors (Lipinski definition) is 3. The van der Waals surface area contributed by atoms with Crippen molar-refractivity contribution in [2.75, 3.05) is 33.9 Å². The number of H-pyrrole nitrogens is 1. The molecule has 2 aromatic rings. The van der Waals surface area contributed by atoms with Gasteiger partial charge in [-0.1, -0.05) is 0 Å². The number of nitrogens with one attached hydrogen (secondary N) is 3. The highest BCUT2D eigenvalue weighted by molar-refractivity contribution is 5.85. The van der Waals surface area contributed by atoms with Gasteiger partial charge in [-0.25, -0.2) is 4.98 Å². The molecule has 0 saturated carbocycles. The molecule has 27 heavy (non-hydrogen) atoms. The van der Waals surface area contributed by atoms with Crippen LogP contribution in [0.3, 0.4) is 0 Å². The first-order chi connectivity index (χ1) is 12.7. The predicted octanol–water partition coefficient (Wildman–Crippen LogP) is 1.53. The fourth-order valence-corrected chi connectivity index (χ4v) is 3.21. The van der Waals surface area contributed by atoms with E-state index in [-0.39, 0.29) is 18.3 Å². The van der Waals surface area contributed by atoms with Gasteiger partial charge in [0.1, 0.15) is 11.6 Å². The third-order valence-corrected chi connectivity index (χ3v) is 4.76. The number of nitrogens with zero attached hydrogens (tertiary/aromatic N) is 2. The van der Waals surface area contributed by atoms with E-state index in [9.17, 15) is 4.79 Å².